The van der Waals surface area contributed by atoms with Crippen molar-refractivity contribution < 1.29 is 4.74 Å². The highest BCUT2D eigenvalue weighted by Crippen LogP contribution is 2.25. The standard InChI is InChI=1S/C17H14N2O/c1-20-17-8-4-7-15(12-17)18-19-16-10-9-13-5-2-3-6-14(13)11-16/h2-12H,1H3. The van der Waals surface area contributed by atoms with Gasteiger partial charge in [0.25, 0.3) is 0 Å². The van der Waals surface area contributed by atoms with Gasteiger partial charge < -0.3 is 4.74 Å². The Hall–Kier alpha value is -2.68. The molecule has 3 rings (SSSR count). The van der Waals surface area contributed by atoms with E-state index in [2.05, 4.69) is 28.4 Å². The van der Waals surface area contributed by atoms with Gasteiger partial charge in [0.05, 0.1) is 18.5 Å². The van der Waals surface area contributed by atoms with Crippen molar-refractivity contribution in [2.75, 3.05) is 7.11 Å². The third kappa shape index (κ3) is 2.67. The Kier molecular flexibility index (Phi) is 3.42. The molecular formula is C17H14N2O. The maximum Gasteiger partial charge on any atom is 0.121 e. The van der Waals surface area contributed by atoms with E-state index < -0.39 is 0 Å². The molecular weight excluding hydrogens is 248 g/mol. The fourth-order valence-electron chi connectivity index (χ4n) is 2.03. The predicted molar refractivity (Wildman–Crippen MR) is 81.1 cm³/mol. The Labute approximate surface area is 117 Å². The average Bonchev–Trinajstić information content (AvgIpc) is 2.53. The van der Waals surface area contributed by atoms with Gasteiger partial charge in [-0.25, -0.2) is 0 Å². The van der Waals surface area contributed by atoms with Gasteiger partial charge in [-0.2, -0.15) is 10.2 Å². The fraction of sp³-hybridized carbons (Fsp3) is 0.0588. The summed E-state index contributed by atoms with van der Waals surface area (Å²) in [5.41, 5.74) is 1.61. The summed E-state index contributed by atoms with van der Waals surface area (Å²) in [6.07, 6.45) is 0. The lowest BCUT2D eigenvalue weighted by atomic mass is 10.1. The highest BCUT2D eigenvalue weighted by Gasteiger charge is 1.96. The number of hydrogen-bond acceptors (Lipinski definition) is 3. The first-order valence-corrected chi connectivity index (χ1v) is 6.40. The second-order valence-corrected chi connectivity index (χ2v) is 4.43. The minimum Gasteiger partial charge on any atom is -0.497 e. The summed E-state index contributed by atoms with van der Waals surface area (Å²) in [5.74, 6) is 0.778. The molecule has 0 amide bonds. The molecule has 0 saturated heterocycles. The van der Waals surface area contributed by atoms with Crippen molar-refractivity contribution in [2.45, 2.75) is 0 Å². The number of methoxy groups -OCH3 is 1. The van der Waals surface area contributed by atoms with Gasteiger partial charge in [-0.1, -0.05) is 36.4 Å². The zero-order valence-corrected chi connectivity index (χ0v) is 11.2. The Morgan fingerprint density at radius 2 is 1.45 bits per heavy atom. The van der Waals surface area contributed by atoms with Crippen molar-refractivity contribution in [1.82, 2.24) is 0 Å². The molecule has 0 aromatic heterocycles. The first-order valence-electron chi connectivity index (χ1n) is 6.40. The molecule has 0 aliphatic heterocycles. The monoisotopic (exact) mass is 262 g/mol. The van der Waals surface area contributed by atoms with Gasteiger partial charge in [0.15, 0.2) is 0 Å². The minimum absolute atomic E-state index is 0.775. The maximum atomic E-state index is 5.16. The van der Waals surface area contributed by atoms with Crippen molar-refractivity contribution in [3.8, 4) is 5.75 Å². The van der Waals surface area contributed by atoms with Gasteiger partial charge in [-0.3, -0.25) is 0 Å². The molecule has 3 aromatic rings. The van der Waals surface area contributed by atoms with Gasteiger partial charge >= 0.3 is 0 Å². The number of hydrogen-bond donors (Lipinski definition) is 0. The smallest absolute Gasteiger partial charge is 0.121 e. The number of benzene rings is 3. The Balaban J connectivity index is 1.89. The highest BCUT2D eigenvalue weighted by atomic mass is 16.5. The molecule has 98 valence electrons. The topological polar surface area (TPSA) is 34.0 Å². The quantitative estimate of drug-likeness (QED) is 0.592. The van der Waals surface area contributed by atoms with E-state index in [1.54, 1.807) is 7.11 Å². The van der Waals surface area contributed by atoms with Gasteiger partial charge in [-0.15, -0.1) is 0 Å². The Morgan fingerprint density at radius 1 is 0.700 bits per heavy atom. The lowest BCUT2D eigenvalue weighted by Crippen LogP contribution is -1.79. The summed E-state index contributed by atoms with van der Waals surface area (Å²) in [7, 11) is 1.64. The number of nitrogens with zero attached hydrogens (tertiary/aromatic N) is 2. The van der Waals surface area contributed by atoms with E-state index in [4.69, 9.17) is 4.74 Å². The van der Waals surface area contributed by atoms with Gasteiger partial charge in [0.2, 0.25) is 0 Å². The molecule has 0 heterocycles. The second kappa shape index (κ2) is 5.53. The van der Waals surface area contributed by atoms with Crippen LogP contribution in [0.15, 0.2) is 77.0 Å². The van der Waals surface area contributed by atoms with Crippen LogP contribution in [0, 0.1) is 0 Å². The molecule has 0 radical (unpaired) electrons. The number of fused-ring (bicyclic) bond motifs is 1. The summed E-state index contributed by atoms with van der Waals surface area (Å²) in [6.45, 7) is 0. The minimum atomic E-state index is 0.775. The van der Waals surface area contributed by atoms with Crippen molar-refractivity contribution >= 4 is 22.1 Å². The lowest BCUT2D eigenvalue weighted by molar-refractivity contribution is 0.415. The molecule has 0 unspecified atom stereocenters. The molecule has 0 N–H and O–H groups in total. The van der Waals surface area contributed by atoms with E-state index >= 15 is 0 Å². The molecule has 0 aliphatic rings. The van der Waals surface area contributed by atoms with Crippen LogP contribution in [0.3, 0.4) is 0 Å². The van der Waals surface area contributed by atoms with E-state index in [1.807, 2.05) is 48.5 Å². The van der Waals surface area contributed by atoms with Gasteiger partial charge in [0.1, 0.15) is 5.75 Å². The van der Waals surface area contributed by atoms with Crippen molar-refractivity contribution in [3.63, 3.8) is 0 Å². The molecule has 20 heavy (non-hydrogen) atoms. The fourth-order valence-corrected chi connectivity index (χ4v) is 2.03. The van der Waals surface area contributed by atoms with Crippen molar-refractivity contribution in [2.24, 2.45) is 10.2 Å². The van der Waals surface area contributed by atoms with Crippen LogP contribution in [0.5, 0.6) is 5.75 Å². The summed E-state index contributed by atoms with van der Waals surface area (Å²) in [4.78, 5) is 0. The van der Waals surface area contributed by atoms with E-state index in [-0.39, 0.29) is 0 Å². The molecule has 0 aliphatic carbocycles. The number of rotatable bonds is 3. The van der Waals surface area contributed by atoms with Gasteiger partial charge in [-0.05, 0) is 35.0 Å². The van der Waals surface area contributed by atoms with Crippen LogP contribution in [0.2, 0.25) is 0 Å². The summed E-state index contributed by atoms with van der Waals surface area (Å²) in [5, 5.41) is 10.9. The van der Waals surface area contributed by atoms with Crippen molar-refractivity contribution in [3.05, 3.63) is 66.7 Å². The molecule has 0 fully saturated rings. The Bertz CT molecular complexity index is 766. The first kappa shape index (κ1) is 12.4. The molecule has 0 bridgehead atoms. The van der Waals surface area contributed by atoms with Gasteiger partial charge in [0, 0.05) is 6.07 Å². The third-order valence-corrected chi connectivity index (χ3v) is 3.07. The zero-order valence-electron chi connectivity index (χ0n) is 11.2. The van der Waals surface area contributed by atoms with E-state index in [0.717, 1.165) is 22.5 Å². The largest absolute Gasteiger partial charge is 0.497 e. The van der Waals surface area contributed by atoms with Crippen LogP contribution < -0.4 is 4.74 Å². The molecule has 0 spiro atoms. The summed E-state index contributed by atoms with van der Waals surface area (Å²) in [6, 6.07) is 21.8. The highest BCUT2D eigenvalue weighted by molar-refractivity contribution is 5.85. The zero-order chi connectivity index (χ0) is 13.8. The predicted octanol–water partition coefficient (Wildman–Crippen LogP) is 5.26. The van der Waals surface area contributed by atoms with E-state index in [1.165, 1.54) is 5.39 Å². The number of azo groups is 1. The second-order valence-electron chi connectivity index (χ2n) is 4.43. The third-order valence-electron chi connectivity index (χ3n) is 3.07. The van der Waals surface area contributed by atoms with Crippen LogP contribution in [0.4, 0.5) is 11.4 Å². The molecule has 3 aromatic carbocycles. The first-order chi connectivity index (χ1) is 9.85. The lowest BCUT2D eigenvalue weighted by Gasteiger charge is -2.00. The summed E-state index contributed by atoms with van der Waals surface area (Å²) < 4.78 is 5.16. The van der Waals surface area contributed by atoms with Crippen LogP contribution in [-0.2, 0) is 0 Å². The normalized spacial score (nSPS) is 11.1. The summed E-state index contributed by atoms with van der Waals surface area (Å²) >= 11 is 0. The van der Waals surface area contributed by atoms with E-state index in [0.29, 0.717) is 0 Å². The van der Waals surface area contributed by atoms with Crippen LogP contribution >= 0.6 is 0 Å². The van der Waals surface area contributed by atoms with Crippen molar-refractivity contribution in [1.29, 1.82) is 0 Å². The van der Waals surface area contributed by atoms with Crippen LogP contribution in [0.25, 0.3) is 10.8 Å². The molecule has 3 heteroatoms. The number of ether oxygens (including phenoxy) is 1. The van der Waals surface area contributed by atoms with E-state index in [9.17, 15) is 0 Å². The van der Waals surface area contributed by atoms with Crippen LogP contribution in [-0.4, -0.2) is 7.11 Å². The molecule has 3 nitrogen and oxygen atoms in total. The molecule has 0 saturated carbocycles. The molecule has 0 atom stereocenters. The Morgan fingerprint density at radius 3 is 2.25 bits per heavy atom. The average molecular weight is 262 g/mol. The van der Waals surface area contributed by atoms with Crippen LogP contribution in [0.1, 0.15) is 0 Å². The SMILES string of the molecule is COc1cccc(N=Nc2ccc3ccccc3c2)c1. The maximum absolute atomic E-state index is 5.16.